The van der Waals surface area contributed by atoms with Crippen LogP contribution >= 0.6 is 23.4 Å². The van der Waals surface area contributed by atoms with E-state index in [2.05, 4.69) is 10.3 Å². The SMILES string of the molecule is Nc1cccnc1C(=O)NC1CCSc2ccc(Cl)cc21. The monoisotopic (exact) mass is 319 g/mol. The van der Waals surface area contributed by atoms with Gasteiger partial charge in [0.15, 0.2) is 5.69 Å². The fraction of sp³-hybridized carbons (Fsp3) is 0.200. The highest BCUT2D eigenvalue weighted by Crippen LogP contribution is 2.37. The number of carbonyl (C=O) groups is 1. The van der Waals surface area contributed by atoms with Gasteiger partial charge in [0.05, 0.1) is 11.7 Å². The van der Waals surface area contributed by atoms with Gasteiger partial charge in [-0.15, -0.1) is 11.8 Å². The molecule has 0 fully saturated rings. The van der Waals surface area contributed by atoms with Crippen LogP contribution in [0.1, 0.15) is 28.5 Å². The highest BCUT2D eigenvalue weighted by Gasteiger charge is 2.24. The number of rotatable bonds is 2. The third-order valence-corrected chi connectivity index (χ3v) is 4.73. The number of nitrogens with zero attached hydrogens (tertiary/aromatic N) is 1. The van der Waals surface area contributed by atoms with Crippen molar-refractivity contribution >= 4 is 35.0 Å². The highest BCUT2D eigenvalue weighted by atomic mass is 35.5. The van der Waals surface area contributed by atoms with Crippen molar-refractivity contribution in [1.82, 2.24) is 10.3 Å². The lowest BCUT2D eigenvalue weighted by molar-refractivity contribution is 0.0931. The van der Waals surface area contributed by atoms with Crippen LogP contribution in [0.4, 0.5) is 5.69 Å². The number of aromatic nitrogens is 1. The molecule has 0 spiro atoms. The number of thioether (sulfide) groups is 1. The summed E-state index contributed by atoms with van der Waals surface area (Å²) in [4.78, 5) is 17.5. The molecule has 0 bridgehead atoms. The van der Waals surface area contributed by atoms with E-state index in [1.807, 2.05) is 18.2 Å². The van der Waals surface area contributed by atoms with Crippen molar-refractivity contribution in [2.75, 3.05) is 11.5 Å². The van der Waals surface area contributed by atoms with Crippen molar-refractivity contribution in [3.05, 3.63) is 52.8 Å². The number of carbonyl (C=O) groups excluding carboxylic acids is 1. The smallest absolute Gasteiger partial charge is 0.272 e. The fourth-order valence-corrected chi connectivity index (χ4v) is 3.64. The molecular weight excluding hydrogens is 306 g/mol. The zero-order chi connectivity index (χ0) is 14.8. The van der Waals surface area contributed by atoms with Crippen molar-refractivity contribution in [2.45, 2.75) is 17.4 Å². The molecule has 2 aromatic rings. The first kappa shape index (κ1) is 14.2. The second kappa shape index (κ2) is 5.95. The molecule has 3 rings (SSSR count). The Morgan fingerprint density at radius 1 is 1.43 bits per heavy atom. The number of hydrogen-bond donors (Lipinski definition) is 2. The van der Waals surface area contributed by atoms with E-state index >= 15 is 0 Å². The minimum absolute atomic E-state index is 0.0612. The minimum atomic E-state index is -0.254. The molecule has 1 aliphatic rings. The van der Waals surface area contributed by atoms with Crippen LogP contribution < -0.4 is 11.1 Å². The number of pyridine rings is 1. The Morgan fingerprint density at radius 2 is 2.29 bits per heavy atom. The Labute approximate surface area is 132 Å². The average Bonchev–Trinajstić information content (AvgIpc) is 2.48. The van der Waals surface area contributed by atoms with Crippen LogP contribution in [-0.4, -0.2) is 16.6 Å². The average molecular weight is 320 g/mol. The molecule has 0 aliphatic carbocycles. The molecular formula is C15H14ClN3OS. The first-order valence-corrected chi connectivity index (χ1v) is 7.95. The number of hydrogen-bond acceptors (Lipinski definition) is 4. The van der Waals surface area contributed by atoms with E-state index in [4.69, 9.17) is 17.3 Å². The highest BCUT2D eigenvalue weighted by molar-refractivity contribution is 7.99. The molecule has 0 radical (unpaired) electrons. The van der Waals surface area contributed by atoms with Gasteiger partial charge in [-0.05, 0) is 42.3 Å². The zero-order valence-electron chi connectivity index (χ0n) is 11.2. The first-order valence-electron chi connectivity index (χ1n) is 6.59. The van der Waals surface area contributed by atoms with Crippen LogP contribution in [-0.2, 0) is 0 Å². The topological polar surface area (TPSA) is 68.0 Å². The number of amides is 1. The van der Waals surface area contributed by atoms with E-state index in [1.165, 1.54) is 0 Å². The van der Waals surface area contributed by atoms with Gasteiger partial charge in [0, 0.05) is 21.9 Å². The van der Waals surface area contributed by atoms with Crippen LogP contribution in [0.3, 0.4) is 0 Å². The van der Waals surface area contributed by atoms with E-state index in [0.717, 1.165) is 22.6 Å². The largest absolute Gasteiger partial charge is 0.397 e. The Hall–Kier alpha value is -1.72. The van der Waals surface area contributed by atoms with E-state index in [1.54, 1.807) is 30.1 Å². The molecule has 1 aliphatic heterocycles. The molecule has 1 atom stereocenters. The first-order chi connectivity index (χ1) is 10.1. The molecule has 1 unspecified atom stereocenters. The standard InChI is InChI=1S/C15H14ClN3OS/c16-9-3-4-13-10(8-9)12(5-7-21-13)19-15(20)14-11(17)2-1-6-18-14/h1-4,6,8,12H,5,7,17H2,(H,19,20). The second-order valence-corrected chi connectivity index (χ2v) is 6.36. The van der Waals surface area contributed by atoms with Crippen LogP contribution in [0.2, 0.25) is 5.02 Å². The van der Waals surface area contributed by atoms with Gasteiger partial charge in [-0.1, -0.05) is 11.6 Å². The zero-order valence-corrected chi connectivity index (χ0v) is 12.7. The Morgan fingerprint density at radius 3 is 3.10 bits per heavy atom. The lowest BCUT2D eigenvalue weighted by Crippen LogP contribution is -2.31. The Balaban J connectivity index is 1.85. The summed E-state index contributed by atoms with van der Waals surface area (Å²) in [7, 11) is 0. The summed E-state index contributed by atoms with van der Waals surface area (Å²) in [6.07, 6.45) is 2.42. The lowest BCUT2D eigenvalue weighted by Gasteiger charge is -2.26. The predicted octanol–water partition coefficient (Wildman–Crippen LogP) is 3.28. The normalized spacial score (nSPS) is 17.1. The van der Waals surface area contributed by atoms with E-state index in [-0.39, 0.29) is 17.6 Å². The van der Waals surface area contributed by atoms with Crippen molar-refractivity contribution in [3.63, 3.8) is 0 Å². The Kier molecular flexibility index (Phi) is 4.03. The Bertz CT molecular complexity index is 692. The summed E-state index contributed by atoms with van der Waals surface area (Å²) in [5.41, 5.74) is 7.50. The number of nitrogen functional groups attached to an aromatic ring is 1. The maximum Gasteiger partial charge on any atom is 0.272 e. The summed E-state index contributed by atoms with van der Waals surface area (Å²) in [6.45, 7) is 0. The van der Waals surface area contributed by atoms with Gasteiger partial charge in [0.25, 0.3) is 5.91 Å². The number of halogens is 1. The van der Waals surface area contributed by atoms with Gasteiger partial charge in [-0.25, -0.2) is 4.98 Å². The summed E-state index contributed by atoms with van der Waals surface area (Å²) >= 11 is 7.84. The molecule has 2 heterocycles. The van der Waals surface area contributed by atoms with Crippen molar-refractivity contribution in [3.8, 4) is 0 Å². The number of nitrogens with one attached hydrogen (secondary N) is 1. The van der Waals surface area contributed by atoms with Gasteiger partial charge in [0.1, 0.15) is 0 Å². The molecule has 3 N–H and O–H groups in total. The van der Waals surface area contributed by atoms with E-state index in [0.29, 0.717) is 10.7 Å². The fourth-order valence-electron chi connectivity index (χ4n) is 2.35. The van der Waals surface area contributed by atoms with Gasteiger partial charge in [0.2, 0.25) is 0 Å². The van der Waals surface area contributed by atoms with Crippen LogP contribution in [0.15, 0.2) is 41.4 Å². The van der Waals surface area contributed by atoms with Crippen LogP contribution in [0.5, 0.6) is 0 Å². The van der Waals surface area contributed by atoms with Gasteiger partial charge in [-0.2, -0.15) is 0 Å². The molecule has 4 nitrogen and oxygen atoms in total. The third kappa shape index (κ3) is 2.99. The summed E-state index contributed by atoms with van der Waals surface area (Å²) in [5.74, 6) is 0.702. The maximum absolute atomic E-state index is 12.3. The summed E-state index contributed by atoms with van der Waals surface area (Å²) in [6, 6.07) is 9.09. The van der Waals surface area contributed by atoms with Gasteiger partial charge >= 0.3 is 0 Å². The second-order valence-electron chi connectivity index (χ2n) is 4.79. The molecule has 1 aromatic carbocycles. The number of benzene rings is 1. The third-order valence-electron chi connectivity index (χ3n) is 3.37. The quantitative estimate of drug-likeness (QED) is 0.891. The number of anilines is 1. The van der Waals surface area contributed by atoms with Crippen molar-refractivity contribution in [1.29, 1.82) is 0 Å². The van der Waals surface area contributed by atoms with E-state index < -0.39 is 0 Å². The summed E-state index contributed by atoms with van der Waals surface area (Å²) < 4.78 is 0. The summed E-state index contributed by atoms with van der Waals surface area (Å²) in [5, 5.41) is 3.68. The molecule has 0 saturated heterocycles. The van der Waals surface area contributed by atoms with Crippen molar-refractivity contribution < 1.29 is 4.79 Å². The number of nitrogens with two attached hydrogens (primary N) is 1. The number of fused-ring (bicyclic) bond motifs is 1. The molecule has 21 heavy (non-hydrogen) atoms. The maximum atomic E-state index is 12.3. The van der Waals surface area contributed by atoms with Crippen LogP contribution in [0.25, 0.3) is 0 Å². The molecule has 6 heteroatoms. The molecule has 1 amide bonds. The lowest BCUT2D eigenvalue weighted by atomic mass is 10.0. The molecule has 0 saturated carbocycles. The van der Waals surface area contributed by atoms with E-state index in [9.17, 15) is 4.79 Å². The van der Waals surface area contributed by atoms with Gasteiger partial charge in [-0.3, -0.25) is 4.79 Å². The van der Waals surface area contributed by atoms with Crippen molar-refractivity contribution in [2.24, 2.45) is 0 Å². The molecule has 1 aromatic heterocycles. The van der Waals surface area contributed by atoms with Crippen LogP contribution in [0, 0.1) is 0 Å². The predicted molar refractivity (Wildman–Crippen MR) is 85.6 cm³/mol. The minimum Gasteiger partial charge on any atom is -0.397 e. The van der Waals surface area contributed by atoms with Gasteiger partial charge < -0.3 is 11.1 Å². The molecule has 108 valence electrons.